The minimum atomic E-state index is -0.421. The maximum atomic E-state index is 10.5. The second kappa shape index (κ2) is 8.47. The molecule has 0 aliphatic carbocycles. The molecule has 0 radical (unpaired) electrons. The molecule has 2 saturated heterocycles. The van der Waals surface area contributed by atoms with E-state index in [1.807, 2.05) is 0 Å². The smallest absolute Gasteiger partial charge is 0.168 e. The second-order valence-electron chi connectivity index (χ2n) is 6.65. The monoisotopic (exact) mass is 299 g/mol. The fourth-order valence-electron chi connectivity index (χ4n) is 3.69. The molecule has 2 aliphatic heterocycles. The van der Waals surface area contributed by atoms with Crippen LogP contribution in [0.4, 0.5) is 0 Å². The SMILES string of the molecule is CCCC[C@H]1CC[C@@H]([C@@H](O)CCC2(CCC)OCCO2)N1. The lowest BCUT2D eigenvalue weighted by atomic mass is 9.98. The van der Waals surface area contributed by atoms with Gasteiger partial charge in [-0.3, -0.25) is 0 Å². The highest BCUT2D eigenvalue weighted by molar-refractivity contribution is 4.89. The van der Waals surface area contributed by atoms with E-state index in [0.717, 1.165) is 32.1 Å². The average Bonchev–Trinajstić information content (AvgIpc) is 3.13. The summed E-state index contributed by atoms with van der Waals surface area (Å²) in [6.45, 7) is 5.77. The Hall–Kier alpha value is -0.160. The highest BCUT2D eigenvalue weighted by Crippen LogP contribution is 2.31. The molecule has 4 heteroatoms. The van der Waals surface area contributed by atoms with Crippen LogP contribution in [0.3, 0.4) is 0 Å². The Morgan fingerprint density at radius 1 is 1.14 bits per heavy atom. The minimum absolute atomic E-state index is 0.256. The third-order valence-corrected chi connectivity index (χ3v) is 4.91. The summed E-state index contributed by atoms with van der Waals surface area (Å²) < 4.78 is 11.6. The number of ether oxygens (including phenoxy) is 2. The molecule has 0 aromatic carbocycles. The van der Waals surface area contributed by atoms with Crippen LogP contribution in [0.5, 0.6) is 0 Å². The highest BCUT2D eigenvalue weighted by atomic mass is 16.7. The first-order valence-electron chi connectivity index (χ1n) is 8.91. The van der Waals surface area contributed by atoms with Crippen LogP contribution >= 0.6 is 0 Å². The summed E-state index contributed by atoms with van der Waals surface area (Å²) in [4.78, 5) is 0. The average molecular weight is 299 g/mol. The first-order valence-corrected chi connectivity index (χ1v) is 8.91. The highest BCUT2D eigenvalue weighted by Gasteiger charge is 2.37. The van der Waals surface area contributed by atoms with Crippen LogP contribution < -0.4 is 5.32 Å². The van der Waals surface area contributed by atoms with E-state index in [0.29, 0.717) is 19.3 Å². The van der Waals surface area contributed by atoms with Crippen LogP contribution in [0.25, 0.3) is 0 Å². The molecule has 0 amide bonds. The van der Waals surface area contributed by atoms with Gasteiger partial charge in [0.15, 0.2) is 5.79 Å². The lowest BCUT2D eigenvalue weighted by Gasteiger charge is -2.29. The third-order valence-electron chi connectivity index (χ3n) is 4.91. The summed E-state index contributed by atoms with van der Waals surface area (Å²) in [5, 5.41) is 14.1. The van der Waals surface area contributed by atoms with Gasteiger partial charge in [0.1, 0.15) is 0 Å². The third kappa shape index (κ3) is 4.92. The summed E-state index contributed by atoms with van der Waals surface area (Å²) in [6.07, 6.45) is 9.34. The largest absolute Gasteiger partial charge is 0.392 e. The van der Waals surface area contributed by atoms with Crippen molar-refractivity contribution in [1.82, 2.24) is 5.32 Å². The summed E-state index contributed by atoms with van der Waals surface area (Å²) in [5.41, 5.74) is 0. The van der Waals surface area contributed by atoms with Gasteiger partial charge >= 0.3 is 0 Å². The molecule has 0 saturated carbocycles. The number of aliphatic hydroxyl groups excluding tert-OH is 1. The predicted molar refractivity (Wildman–Crippen MR) is 84.3 cm³/mol. The normalized spacial score (nSPS) is 29.9. The van der Waals surface area contributed by atoms with Crippen molar-refractivity contribution in [3.05, 3.63) is 0 Å². The zero-order chi connectivity index (χ0) is 15.1. The van der Waals surface area contributed by atoms with Gasteiger partial charge in [-0.15, -0.1) is 0 Å². The van der Waals surface area contributed by atoms with Crippen LogP contribution in [-0.2, 0) is 9.47 Å². The van der Waals surface area contributed by atoms with E-state index in [1.54, 1.807) is 0 Å². The summed E-state index contributed by atoms with van der Waals surface area (Å²) >= 11 is 0. The first-order chi connectivity index (χ1) is 10.2. The van der Waals surface area contributed by atoms with Gasteiger partial charge < -0.3 is 19.9 Å². The number of rotatable bonds is 9. The Morgan fingerprint density at radius 2 is 1.90 bits per heavy atom. The van der Waals surface area contributed by atoms with Crippen molar-refractivity contribution in [2.24, 2.45) is 0 Å². The molecule has 2 aliphatic rings. The topological polar surface area (TPSA) is 50.7 Å². The number of unbranched alkanes of at least 4 members (excludes halogenated alkanes) is 1. The Labute approximate surface area is 129 Å². The van der Waals surface area contributed by atoms with Crippen molar-refractivity contribution >= 4 is 0 Å². The van der Waals surface area contributed by atoms with Crippen LogP contribution in [0.2, 0.25) is 0 Å². The van der Waals surface area contributed by atoms with Crippen molar-refractivity contribution < 1.29 is 14.6 Å². The van der Waals surface area contributed by atoms with Gasteiger partial charge in [0, 0.05) is 24.9 Å². The van der Waals surface area contributed by atoms with Crippen molar-refractivity contribution in [1.29, 1.82) is 0 Å². The van der Waals surface area contributed by atoms with Crippen molar-refractivity contribution in [2.75, 3.05) is 13.2 Å². The van der Waals surface area contributed by atoms with E-state index in [-0.39, 0.29) is 12.1 Å². The van der Waals surface area contributed by atoms with E-state index in [1.165, 1.54) is 25.7 Å². The fraction of sp³-hybridized carbons (Fsp3) is 1.00. The Morgan fingerprint density at radius 3 is 2.57 bits per heavy atom. The van der Waals surface area contributed by atoms with E-state index in [4.69, 9.17) is 9.47 Å². The molecule has 0 unspecified atom stereocenters. The standard InChI is InChI=1S/C17H33NO3/c1-3-5-6-14-7-8-15(18-14)16(19)9-11-17(10-4-2)20-12-13-21-17/h14-16,18-19H,3-13H2,1-2H3/t14-,15-,16-/m0/s1. The number of nitrogens with one attached hydrogen (secondary N) is 1. The Balaban J connectivity index is 1.73. The van der Waals surface area contributed by atoms with E-state index in [9.17, 15) is 5.11 Å². The molecule has 0 aromatic heterocycles. The van der Waals surface area contributed by atoms with Crippen LogP contribution in [0.1, 0.15) is 71.6 Å². The van der Waals surface area contributed by atoms with E-state index >= 15 is 0 Å². The molecule has 0 aromatic rings. The van der Waals surface area contributed by atoms with Gasteiger partial charge in [-0.05, 0) is 25.7 Å². The quantitative estimate of drug-likeness (QED) is 0.687. The molecule has 3 atom stereocenters. The molecular formula is C17H33NO3. The zero-order valence-corrected chi connectivity index (χ0v) is 13.8. The number of hydrogen-bond acceptors (Lipinski definition) is 4. The molecule has 4 nitrogen and oxygen atoms in total. The first kappa shape index (κ1) is 17.2. The van der Waals surface area contributed by atoms with E-state index in [2.05, 4.69) is 19.2 Å². The van der Waals surface area contributed by atoms with Gasteiger partial charge in [0.05, 0.1) is 19.3 Å². The molecule has 2 fully saturated rings. The lowest BCUT2D eigenvalue weighted by Crippen LogP contribution is -2.40. The molecule has 0 spiro atoms. The Bertz CT molecular complexity index is 292. The predicted octanol–water partition coefficient (Wildman–Crippen LogP) is 2.98. The summed E-state index contributed by atoms with van der Waals surface area (Å²) in [5.74, 6) is -0.421. The van der Waals surface area contributed by atoms with Gasteiger partial charge in [-0.25, -0.2) is 0 Å². The van der Waals surface area contributed by atoms with Gasteiger partial charge in [0.2, 0.25) is 0 Å². The van der Waals surface area contributed by atoms with Crippen LogP contribution in [-0.4, -0.2) is 42.3 Å². The maximum Gasteiger partial charge on any atom is 0.168 e. The number of hydrogen-bond donors (Lipinski definition) is 2. The van der Waals surface area contributed by atoms with Crippen LogP contribution in [0, 0.1) is 0 Å². The fourth-order valence-corrected chi connectivity index (χ4v) is 3.69. The van der Waals surface area contributed by atoms with E-state index < -0.39 is 5.79 Å². The molecule has 0 bridgehead atoms. The maximum absolute atomic E-state index is 10.5. The number of aliphatic hydroxyl groups is 1. The molecular weight excluding hydrogens is 266 g/mol. The molecule has 2 heterocycles. The van der Waals surface area contributed by atoms with Crippen molar-refractivity contribution in [3.8, 4) is 0 Å². The molecule has 2 N–H and O–H groups in total. The van der Waals surface area contributed by atoms with Crippen LogP contribution in [0.15, 0.2) is 0 Å². The lowest BCUT2D eigenvalue weighted by molar-refractivity contribution is -0.171. The van der Waals surface area contributed by atoms with Gasteiger partial charge in [-0.1, -0.05) is 33.1 Å². The minimum Gasteiger partial charge on any atom is -0.392 e. The molecule has 21 heavy (non-hydrogen) atoms. The zero-order valence-electron chi connectivity index (χ0n) is 13.8. The Kier molecular flexibility index (Phi) is 6.93. The molecule has 2 rings (SSSR count). The second-order valence-corrected chi connectivity index (χ2v) is 6.65. The van der Waals surface area contributed by atoms with Crippen molar-refractivity contribution in [2.45, 2.75) is 95.6 Å². The summed E-state index contributed by atoms with van der Waals surface area (Å²) in [6, 6.07) is 0.861. The van der Waals surface area contributed by atoms with Gasteiger partial charge in [-0.2, -0.15) is 0 Å². The summed E-state index contributed by atoms with van der Waals surface area (Å²) in [7, 11) is 0. The molecule has 124 valence electrons. The van der Waals surface area contributed by atoms with Crippen molar-refractivity contribution in [3.63, 3.8) is 0 Å². The van der Waals surface area contributed by atoms with Gasteiger partial charge in [0.25, 0.3) is 0 Å².